The lowest BCUT2D eigenvalue weighted by Gasteiger charge is -2.45. The van der Waals surface area contributed by atoms with Gasteiger partial charge in [0.15, 0.2) is 0 Å². The molecule has 0 aliphatic carbocycles. The number of carbonyl (C=O) groups excluding carboxylic acids is 3. The number of rotatable bonds is 2. The third-order valence-corrected chi connectivity index (χ3v) is 6.03. The van der Waals surface area contributed by atoms with E-state index in [-0.39, 0.29) is 42.1 Å². The summed E-state index contributed by atoms with van der Waals surface area (Å²) < 4.78 is 15.6. The molecule has 224 valence electrons. The molecular formula is C29H56N2O7. The fourth-order valence-corrected chi connectivity index (χ4v) is 4.91. The fourth-order valence-electron chi connectivity index (χ4n) is 4.91. The lowest BCUT2D eigenvalue weighted by molar-refractivity contribution is -0.124. The number of carbonyl (C=O) groups is 3. The van der Waals surface area contributed by atoms with Gasteiger partial charge in [0.05, 0.1) is 5.60 Å². The Hall–Kier alpha value is -1.87. The van der Waals surface area contributed by atoms with Gasteiger partial charge in [0.25, 0.3) is 0 Å². The monoisotopic (exact) mass is 544 g/mol. The van der Waals surface area contributed by atoms with Gasteiger partial charge in [0.1, 0.15) is 17.0 Å². The van der Waals surface area contributed by atoms with Gasteiger partial charge < -0.3 is 29.1 Å². The number of piperidine rings is 2. The molecule has 4 unspecified atom stereocenters. The van der Waals surface area contributed by atoms with Crippen LogP contribution in [0.3, 0.4) is 0 Å². The fraction of sp³-hybridized carbons (Fsp3) is 0.897. The summed E-state index contributed by atoms with van der Waals surface area (Å²) in [4.78, 5) is 38.8. The number of ether oxygens (including phenoxy) is 3. The highest BCUT2D eigenvalue weighted by Gasteiger charge is 2.41. The summed E-state index contributed by atoms with van der Waals surface area (Å²) in [5.74, 6) is 0.222. The molecule has 2 saturated heterocycles. The highest BCUT2D eigenvalue weighted by molar-refractivity contribution is 5.83. The molecule has 4 atom stereocenters. The van der Waals surface area contributed by atoms with E-state index in [0.717, 1.165) is 13.2 Å². The normalized spacial score (nSPS) is 27.9. The molecule has 38 heavy (non-hydrogen) atoms. The minimum Gasteiger partial charge on any atom is -0.444 e. The van der Waals surface area contributed by atoms with E-state index in [1.807, 2.05) is 90.0 Å². The zero-order valence-electron chi connectivity index (χ0n) is 26.3. The lowest BCUT2D eigenvalue weighted by Crippen LogP contribution is -2.55. The lowest BCUT2D eigenvalue weighted by atomic mass is 9.85. The molecule has 0 bridgehead atoms. The Bertz CT molecular complexity index is 725. The van der Waals surface area contributed by atoms with Crippen LogP contribution in [0.5, 0.6) is 0 Å². The van der Waals surface area contributed by atoms with Gasteiger partial charge in [-0.15, -0.1) is 0 Å². The summed E-state index contributed by atoms with van der Waals surface area (Å²) in [5, 5.41) is 10.1. The summed E-state index contributed by atoms with van der Waals surface area (Å²) >= 11 is 0. The predicted octanol–water partition coefficient (Wildman–Crippen LogP) is 5.95. The van der Waals surface area contributed by atoms with Crippen molar-refractivity contribution in [3.63, 3.8) is 0 Å². The number of Topliss-reactive ketones (excluding diaryl/α,β-unsaturated/α-hetero) is 1. The standard InChI is InChI=1S/C13H25NO3.C12H21NO3.C4H10O/c1-9-7-13(6,16)8-10(2)14(9)11(15)17-12(3,4)5;1-8-6-10(14)7-9(2)13(8)11(15)16-12(3,4)5;1-3-5-4-2/h9-10,16H,7-8H2,1-6H3;8-9H,6-7H2,1-5H3;3-4H2,1-2H3. The van der Waals surface area contributed by atoms with E-state index in [9.17, 15) is 19.5 Å². The zero-order valence-corrected chi connectivity index (χ0v) is 26.3. The van der Waals surface area contributed by atoms with Crippen LogP contribution in [0.15, 0.2) is 0 Å². The molecule has 0 radical (unpaired) electrons. The Labute approximate surface area is 231 Å². The number of nitrogens with zero attached hydrogens (tertiary/aromatic N) is 2. The molecule has 9 heteroatoms. The second-order valence-corrected chi connectivity index (χ2v) is 12.8. The summed E-state index contributed by atoms with van der Waals surface area (Å²) in [6.07, 6.45) is 1.45. The van der Waals surface area contributed by atoms with Gasteiger partial charge in [-0.25, -0.2) is 9.59 Å². The van der Waals surface area contributed by atoms with Crippen molar-refractivity contribution in [3.05, 3.63) is 0 Å². The molecule has 0 aromatic rings. The molecule has 0 spiro atoms. The number of ketones is 1. The molecule has 9 nitrogen and oxygen atoms in total. The van der Waals surface area contributed by atoms with Crippen LogP contribution in [-0.4, -0.2) is 87.1 Å². The number of aliphatic hydroxyl groups is 1. The van der Waals surface area contributed by atoms with E-state index >= 15 is 0 Å². The van der Waals surface area contributed by atoms with E-state index in [0.29, 0.717) is 25.7 Å². The molecule has 1 N–H and O–H groups in total. The maximum Gasteiger partial charge on any atom is 0.410 e. The van der Waals surface area contributed by atoms with E-state index < -0.39 is 16.8 Å². The molecule has 0 saturated carbocycles. The SMILES string of the molecule is CC1CC(=O)CC(C)N1C(=O)OC(C)(C)C.CC1CC(C)(O)CC(C)N1C(=O)OC(C)(C)C.CCOCC. The summed E-state index contributed by atoms with van der Waals surface area (Å²) in [6.45, 7) is 26.3. The molecule has 2 aliphatic rings. The van der Waals surface area contributed by atoms with Gasteiger partial charge in [-0.05, 0) is 103 Å². The van der Waals surface area contributed by atoms with Gasteiger partial charge in [0.2, 0.25) is 0 Å². The van der Waals surface area contributed by atoms with Gasteiger partial charge in [0, 0.05) is 50.2 Å². The molecule has 2 amide bonds. The average molecular weight is 545 g/mol. The maximum atomic E-state index is 12.1. The first kappa shape index (κ1) is 36.1. The zero-order chi connectivity index (χ0) is 30.1. The van der Waals surface area contributed by atoms with Gasteiger partial charge in [-0.2, -0.15) is 0 Å². The second-order valence-electron chi connectivity index (χ2n) is 12.8. The first-order valence-electron chi connectivity index (χ1n) is 14.0. The Morgan fingerprint density at radius 1 is 0.789 bits per heavy atom. The van der Waals surface area contributed by atoms with Crippen molar-refractivity contribution in [2.45, 2.75) is 157 Å². The van der Waals surface area contributed by atoms with Crippen molar-refractivity contribution in [2.75, 3.05) is 13.2 Å². The number of amides is 2. The van der Waals surface area contributed by atoms with E-state index in [1.165, 1.54) is 0 Å². The molecule has 2 aliphatic heterocycles. The van der Waals surface area contributed by atoms with E-state index in [1.54, 1.807) is 9.80 Å². The minimum atomic E-state index is -0.683. The molecular weight excluding hydrogens is 488 g/mol. The van der Waals surface area contributed by atoms with Gasteiger partial charge >= 0.3 is 12.2 Å². The molecule has 0 aromatic carbocycles. The Balaban J connectivity index is 0.000000613. The van der Waals surface area contributed by atoms with Crippen LogP contribution in [0, 0.1) is 0 Å². The first-order valence-corrected chi connectivity index (χ1v) is 14.0. The quantitative estimate of drug-likeness (QED) is 0.458. The highest BCUT2D eigenvalue weighted by Crippen LogP contribution is 2.31. The van der Waals surface area contributed by atoms with Crippen molar-refractivity contribution in [3.8, 4) is 0 Å². The minimum absolute atomic E-state index is 0.00333. The van der Waals surface area contributed by atoms with Crippen LogP contribution in [0.2, 0.25) is 0 Å². The van der Waals surface area contributed by atoms with Gasteiger partial charge in [-0.1, -0.05) is 0 Å². The summed E-state index contributed by atoms with van der Waals surface area (Å²) in [5.41, 5.74) is -1.65. The molecule has 2 heterocycles. The summed E-state index contributed by atoms with van der Waals surface area (Å²) in [7, 11) is 0. The van der Waals surface area contributed by atoms with Crippen molar-refractivity contribution < 1.29 is 33.7 Å². The number of likely N-dealkylation sites (tertiary alicyclic amines) is 2. The smallest absolute Gasteiger partial charge is 0.410 e. The van der Waals surface area contributed by atoms with Crippen molar-refractivity contribution >= 4 is 18.0 Å². The van der Waals surface area contributed by atoms with Gasteiger partial charge in [-0.3, -0.25) is 4.79 Å². The van der Waals surface area contributed by atoms with Crippen LogP contribution >= 0.6 is 0 Å². The molecule has 2 fully saturated rings. The molecule has 2 rings (SSSR count). The third kappa shape index (κ3) is 13.8. The molecule has 0 aromatic heterocycles. The Kier molecular flexibility index (Phi) is 14.3. The Morgan fingerprint density at radius 2 is 1.11 bits per heavy atom. The second kappa shape index (κ2) is 15.1. The van der Waals surface area contributed by atoms with Crippen molar-refractivity contribution in [1.29, 1.82) is 0 Å². The third-order valence-electron chi connectivity index (χ3n) is 6.03. The van der Waals surface area contributed by atoms with Crippen molar-refractivity contribution in [1.82, 2.24) is 9.80 Å². The van der Waals surface area contributed by atoms with E-state index in [4.69, 9.17) is 14.2 Å². The first-order chi connectivity index (χ1) is 17.1. The number of hydrogen-bond acceptors (Lipinski definition) is 7. The topological polar surface area (TPSA) is 106 Å². The summed E-state index contributed by atoms with van der Waals surface area (Å²) in [6, 6.07) is -0.121. The van der Waals surface area contributed by atoms with E-state index in [2.05, 4.69) is 0 Å². The maximum absolute atomic E-state index is 12.1. The van der Waals surface area contributed by atoms with Crippen LogP contribution in [0.25, 0.3) is 0 Å². The van der Waals surface area contributed by atoms with Crippen LogP contribution in [0.1, 0.15) is 116 Å². The number of hydrogen-bond donors (Lipinski definition) is 1. The average Bonchev–Trinajstić information content (AvgIpc) is 2.64. The highest BCUT2D eigenvalue weighted by atomic mass is 16.6. The van der Waals surface area contributed by atoms with Crippen LogP contribution in [-0.2, 0) is 19.0 Å². The largest absolute Gasteiger partial charge is 0.444 e. The van der Waals surface area contributed by atoms with Crippen LogP contribution in [0.4, 0.5) is 9.59 Å². The Morgan fingerprint density at radius 3 is 1.37 bits per heavy atom. The predicted molar refractivity (Wildman–Crippen MR) is 150 cm³/mol. The van der Waals surface area contributed by atoms with Crippen molar-refractivity contribution in [2.24, 2.45) is 0 Å². The van der Waals surface area contributed by atoms with Crippen LogP contribution < -0.4 is 0 Å².